The van der Waals surface area contributed by atoms with E-state index >= 15 is 0 Å². The van der Waals surface area contributed by atoms with Gasteiger partial charge in [-0.1, -0.05) is 24.3 Å². The summed E-state index contributed by atoms with van der Waals surface area (Å²) >= 11 is 0. The minimum atomic E-state index is 0.221. The highest BCUT2D eigenvalue weighted by molar-refractivity contribution is 5.83. The highest BCUT2D eigenvalue weighted by Crippen LogP contribution is 2.22. The second-order valence-electron chi connectivity index (χ2n) is 5.55. The van der Waals surface area contributed by atoms with E-state index in [1.54, 1.807) is 4.68 Å². The van der Waals surface area contributed by atoms with E-state index in [9.17, 15) is 0 Å². The number of benzene rings is 1. The van der Waals surface area contributed by atoms with Crippen LogP contribution in [-0.2, 0) is 20.0 Å². The monoisotopic (exact) mass is 283 g/mol. The number of aryl methyl sites for hydroxylation is 1. The lowest BCUT2D eigenvalue weighted by atomic mass is 10.0. The Bertz CT molecular complexity index is 740. The number of hydrogen-bond donors (Lipinski definition) is 1. The van der Waals surface area contributed by atoms with Crippen LogP contribution >= 0.6 is 0 Å². The summed E-state index contributed by atoms with van der Waals surface area (Å²) in [6.45, 7) is 2.87. The molecule has 2 heterocycles. The molecule has 3 aromatic rings. The Labute approximate surface area is 124 Å². The Morgan fingerprint density at radius 2 is 2.14 bits per heavy atom. The SMILES string of the molecule is CCC(N)Cc1cccc2c1ccn2Cc1cn(C)nn1. The van der Waals surface area contributed by atoms with Gasteiger partial charge in [-0.25, -0.2) is 0 Å². The molecule has 0 spiro atoms. The Morgan fingerprint density at radius 1 is 1.29 bits per heavy atom. The fourth-order valence-corrected chi connectivity index (χ4v) is 2.67. The summed E-state index contributed by atoms with van der Waals surface area (Å²) in [5.41, 5.74) is 9.61. The van der Waals surface area contributed by atoms with E-state index in [2.05, 4.69) is 52.3 Å². The van der Waals surface area contributed by atoms with Crippen LogP contribution in [0.5, 0.6) is 0 Å². The van der Waals surface area contributed by atoms with E-state index in [1.165, 1.54) is 16.5 Å². The van der Waals surface area contributed by atoms with Crippen LogP contribution in [0.1, 0.15) is 24.6 Å². The highest BCUT2D eigenvalue weighted by atomic mass is 15.4. The Morgan fingerprint density at radius 3 is 2.86 bits per heavy atom. The predicted octanol–water partition coefficient (Wildman–Crippen LogP) is 2.10. The van der Waals surface area contributed by atoms with Gasteiger partial charge >= 0.3 is 0 Å². The van der Waals surface area contributed by atoms with Gasteiger partial charge in [-0.05, 0) is 30.5 Å². The fourth-order valence-electron chi connectivity index (χ4n) is 2.67. The van der Waals surface area contributed by atoms with Crippen molar-refractivity contribution in [2.75, 3.05) is 0 Å². The quantitative estimate of drug-likeness (QED) is 0.780. The van der Waals surface area contributed by atoms with Gasteiger partial charge in [0.15, 0.2) is 0 Å². The summed E-state index contributed by atoms with van der Waals surface area (Å²) in [5, 5.41) is 9.42. The molecule has 3 rings (SSSR count). The van der Waals surface area contributed by atoms with Crippen LogP contribution in [0.2, 0.25) is 0 Å². The molecule has 0 aliphatic carbocycles. The molecule has 5 nitrogen and oxygen atoms in total. The molecule has 0 radical (unpaired) electrons. The average molecular weight is 283 g/mol. The number of nitrogens with zero attached hydrogens (tertiary/aromatic N) is 4. The second-order valence-corrected chi connectivity index (χ2v) is 5.55. The summed E-state index contributed by atoms with van der Waals surface area (Å²) < 4.78 is 3.94. The molecule has 0 fully saturated rings. The van der Waals surface area contributed by atoms with Crippen LogP contribution in [0.3, 0.4) is 0 Å². The van der Waals surface area contributed by atoms with Crippen LogP contribution < -0.4 is 5.73 Å². The topological polar surface area (TPSA) is 61.7 Å². The molecular weight excluding hydrogens is 262 g/mol. The molecule has 0 saturated heterocycles. The molecule has 0 aliphatic rings. The summed E-state index contributed by atoms with van der Waals surface area (Å²) in [6, 6.07) is 8.81. The lowest BCUT2D eigenvalue weighted by Crippen LogP contribution is -2.21. The normalized spacial score (nSPS) is 12.9. The molecule has 21 heavy (non-hydrogen) atoms. The van der Waals surface area contributed by atoms with Gasteiger partial charge in [-0.3, -0.25) is 4.68 Å². The van der Waals surface area contributed by atoms with Crippen LogP contribution in [-0.4, -0.2) is 25.6 Å². The van der Waals surface area contributed by atoms with Crippen molar-refractivity contribution in [3.8, 4) is 0 Å². The molecule has 5 heteroatoms. The lowest BCUT2D eigenvalue weighted by Gasteiger charge is -2.10. The van der Waals surface area contributed by atoms with Crippen molar-refractivity contribution < 1.29 is 0 Å². The molecule has 0 saturated carbocycles. The van der Waals surface area contributed by atoms with Gasteiger partial charge in [0.05, 0.1) is 6.54 Å². The molecule has 2 aromatic heterocycles. The highest BCUT2D eigenvalue weighted by Gasteiger charge is 2.09. The lowest BCUT2D eigenvalue weighted by molar-refractivity contribution is 0.649. The number of fused-ring (bicyclic) bond motifs is 1. The Balaban J connectivity index is 1.93. The first-order chi connectivity index (χ1) is 10.2. The van der Waals surface area contributed by atoms with Crippen LogP contribution in [0.15, 0.2) is 36.7 Å². The molecule has 1 aromatic carbocycles. The third-order valence-corrected chi connectivity index (χ3v) is 3.89. The van der Waals surface area contributed by atoms with Gasteiger partial charge in [-0.2, -0.15) is 0 Å². The largest absolute Gasteiger partial charge is 0.341 e. The van der Waals surface area contributed by atoms with Crippen molar-refractivity contribution in [2.24, 2.45) is 12.8 Å². The predicted molar refractivity (Wildman–Crippen MR) is 84.0 cm³/mol. The summed E-state index contributed by atoms with van der Waals surface area (Å²) in [6.07, 6.45) is 5.97. The van der Waals surface area contributed by atoms with Gasteiger partial charge in [0, 0.05) is 36.4 Å². The molecular formula is C16H21N5. The standard InChI is InChI=1S/C16H21N5/c1-3-13(17)9-12-5-4-6-16-15(12)7-8-21(16)11-14-10-20(2)19-18-14/h4-8,10,13H,3,9,11,17H2,1-2H3. The third kappa shape index (κ3) is 2.83. The summed E-state index contributed by atoms with van der Waals surface area (Å²) in [4.78, 5) is 0. The van der Waals surface area contributed by atoms with Gasteiger partial charge in [0.1, 0.15) is 5.69 Å². The zero-order valence-corrected chi connectivity index (χ0v) is 12.5. The minimum absolute atomic E-state index is 0.221. The molecule has 0 bridgehead atoms. The maximum Gasteiger partial charge on any atom is 0.102 e. The van der Waals surface area contributed by atoms with Gasteiger partial charge in [0.2, 0.25) is 0 Å². The molecule has 0 amide bonds. The first-order valence-corrected chi connectivity index (χ1v) is 7.35. The van der Waals surface area contributed by atoms with E-state index in [0.717, 1.165) is 25.1 Å². The smallest absolute Gasteiger partial charge is 0.102 e. The zero-order chi connectivity index (χ0) is 14.8. The fraction of sp³-hybridized carbons (Fsp3) is 0.375. The van der Waals surface area contributed by atoms with Crippen LogP contribution in [0.25, 0.3) is 10.9 Å². The summed E-state index contributed by atoms with van der Waals surface area (Å²) in [7, 11) is 1.88. The summed E-state index contributed by atoms with van der Waals surface area (Å²) in [5.74, 6) is 0. The number of hydrogen-bond acceptors (Lipinski definition) is 3. The van der Waals surface area contributed by atoms with E-state index in [4.69, 9.17) is 5.73 Å². The Kier molecular flexibility index (Phi) is 3.75. The second kappa shape index (κ2) is 5.69. The number of aromatic nitrogens is 4. The number of nitrogens with two attached hydrogens (primary N) is 1. The first kappa shape index (κ1) is 13.8. The number of rotatable bonds is 5. The van der Waals surface area contributed by atoms with E-state index < -0.39 is 0 Å². The van der Waals surface area contributed by atoms with Crippen molar-refractivity contribution in [1.29, 1.82) is 0 Å². The van der Waals surface area contributed by atoms with Gasteiger partial charge < -0.3 is 10.3 Å². The molecule has 0 aliphatic heterocycles. The molecule has 110 valence electrons. The first-order valence-electron chi connectivity index (χ1n) is 7.35. The van der Waals surface area contributed by atoms with Crippen molar-refractivity contribution in [2.45, 2.75) is 32.4 Å². The van der Waals surface area contributed by atoms with Crippen molar-refractivity contribution in [3.63, 3.8) is 0 Å². The minimum Gasteiger partial charge on any atom is -0.341 e. The van der Waals surface area contributed by atoms with Crippen molar-refractivity contribution in [3.05, 3.63) is 47.9 Å². The van der Waals surface area contributed by atoms with Crippen LogP contribution in [0.4, 0.5) is 0 Å². The van der Waals surface area contributed by atoms with Crippen molar-refractivity contribution >= 4 is 10.9 Å². The third-order valence-electron chi connectivity index (χ3n) is 3.89. The zero-order valence-electron chi connectivity index (χ0n) is 12.5. The van der Waals surface area contributed by atoms with Crippen LogP contribution in [0, 0.1) is 0 Å². The maximum atomic E-state index is 6.10. The molecule has 1 unspecified atom stereocenters. The van der Waals surface area contributed by atoms with E-state index in [0.29, 0.717) is 0 Å². The van der Waals surface area contributed by atoms with E-state index in [1.807, 2.05) is 13.2 Å². The average Bonchev–Trinajstić information content (AvgIpc) is 3.07. The van der Waals surface area contributed by atoms with Crippen molar-refractivity contribution in [1.82, 2.24) is 19.6 Å². The molecule has 2 N–H and O–H groups in total. The van der Waals surface area contributed by atoms with Gasteiger partial charge in [0.25, 0.3) is 0 Å². The molecule has 1 atom stereocenters. The maximum absolute atomic E-state index is 6.10. The van der Waals surface area contributed by atoms with E-state index in [-0.39, 0.29) is 6.04 Å². The Hall–Kier alpha value is -2.14. The van der Waals surface area contributed by atoms with Gasteiger partial charge in [-0.15, -0.1) is 5.10 Å².